The second-order valence-electron chi connectivity index (χ2n) is 6.40. The number of fused-ring (bicyclic) bond motifs is 1. The number of hydrogen-bond donors (Lipinski definition) is 3. The number of rotatable bonds is 6. The number of hydrogen-bond acceptors (Lipinski definition) is 6. The molecule has 0 aliphatic carbocycles. The molecule has 0 aliphatic rings. The Hall–Kier alpha value is -3.62. The molecule has 9 nitrogen and oxygen atoms in total. The molecule has 0 saturated heterocycles. The van der Waals surface area contributed by atoms with Crippen molar-refractivity contribution in [3.63, 3.8) is 0 Å². The minimum absolute atomic E-state index is 0.00501. The molecule has 28 heavy (non-hydrogen) atoms. The van der Waals surface area contributed by atoms with Crippen molar-refractivity contribution in [2.24, 2.45) is 0 Å². The van der Waals surface area contributed by atoms with Gasteiger partial charge in [0.05, 0.1) is 25.4 Å². The maximum atomic E-state index is 12.3. The molecule has 2 heterocycles. The number of carbonyl (C=O) groups is 2. The van der Waals surface area contributed by atoms with Crippen molar-refractivity contribution in [3.05, 3.63) is 48.3 Å². The van der Waals surface area contributed by atoms with E-state index in [1.807, 2.05) is 13.8 Å². The summed E-state index contributed by atoms with van der Waals surface area (Å²) in [6.45, 7) is 4.01. The predicted octanol–water partition coefficient (Wildman–Crippen LogP) is 1.89. The van der Waals surface area contributed by atoms with E-state index in [2.05, 4.69) is 26.3 Å². The number of nitrogens with zero attached hydrogens (tertiary/aromatic N) is 3. The van der Waals surface area contributed by atoms with Crippen LogP contribution in [0, 0.1) is 0 Å². The summed E-state index contributed by atoms with van der Waals surface area (Å²) in [5.41, 5.74) is 6.56. The van der Waals surface area contributed by atoms with Crippen LogP contribution in [0.5, 0.6) is 5.75 Å². The van der Waals surface area contributed by atoms with Crippen LogP contribution in [0.1, 0.15) is 30.2 Å². The van der Waals surface area contributed by atoms with Crippen LogP contribution in [0.25, 0.3) is 11.0 Å². The molecule has 3 N–H and O–H groups in total. The summed E-state index contributed by atoms with van der Waals surface area (Å²) in [5.74, 6) is -0.109. The van der Waals surface area contributed by atoms with Gasteiger partial charge in [-0.2, -0.15) is 5.10 Å². The fourth-order valence-corrected chi connectivity index (χ4v) is 2.58. The lowest BCUT2D eigenvalue weighted by atomic mass is 10.2. The SMILES string of the molecule is COc1ccc(NCC(=O)NNC(=O)c2cnc3c(cnn3C(C)C)c2)cc1. The first-order valence-electron chi connectivity index (χ1n) is 8.78. The van der Waals surface area contributed by atoms with Crippen molar-refractivity contribution >= 4 is 28.5 Å². The van der Waals surface area contributed by atoms with Gasteiger partial charge in [0.2, 0.25) is 0 Å². The zero-order valence-corrected chi connectivity index (χ0v) is 15.9. The van der Waals surface area contributed by atoms with Gasteiger partial charge in [0.1, 0.15) is 5.75 Å². The van der Waals surface area contributed by atoms with Gasteiger partial charge in [-0.1, -0.05) is 0 Å². The molecule has 0 bridgehead atoms. The van der Waals surface area contributed by atoms with Crippen LogP contribution in [0.4, 0.5) is 5.69 Å². The van der Waals surface area contributed by atoms with Gasteiger partial charge in [0.25, 0.3) is 11.8 Å². The first-order valence-corrected chi connectivity index (χ1v) is 8.78. The molecule has 0 saturated carbocycles. The molecule has 0 atom stereocenters. The highest BCUT2D eigenvalue weighted by atomic mass is 16.5. The summed E-state index contributed by atoms with van der Waals surface area (Å²) in [7, 11) is 1.59. The van der Waals surface area contributed by atoms with E-state index in [9.17, 15) is 9.59 Å². The monoisotopic (exact) mass is 382 g/mol. The maximum absolute atomic E-state index is 12.3. The summed E-state index contributed by atoms with van der Waals surface area (Å²) in [6, 6.07) is 9.01. The van der Waals surface area contributed by atoms with Gasteiger partial charge in [0.15, 0.2) is 5.65 Å². The predicted molar refractivity (Wildman–Crippen MR) is 105 cm³/mol. The molecule has 146 valence electrons. The zero-order valence-electron chi connectivity index (χ0n) is 15.9. The van der Waals surface area contributed by atoms with Gasteiger partial charge >= 0.3 is 0 Å². The van der Waals surface area contributed by atoms with Gasteiger partial charge in [0, 0.05) is 23.3 Å². The molecule has 0 fully saturated rings. The molecular formula is C19H22N6O3. The molecule has 0 aliphatic heterocycles. The summed E-state index contributed by atoms with van der Waals surface area (Å²) in [4.78, 5) is 28.5. The van der Waals surface area contributed by atoms with Crippen LogP contribution in [0.2, 0.25) is 0 Å². The molecule has 0 unspecified atom stereocenters. The van der Waals surface area contributed by atoms with Gasteiger partial charge in [-0.15, -0.1) is 0 Å². The molecule has 2 amide bonds. The summed E-state index contributed by atoms with van der Waals surface area (Å²) in [5, 5.41) is 7.98. The van der Waals surface area contributed by atoms with Crippen LogP contribution in [0.3, 0.4) is 0 Å². The maximum Gasteiger partial charge on any atom is 0.271 e. The fraction of sp³-hybridized carbons (Fsp3) is 0.263. The average molecular weight is 382 g/mol. The second-order valence-corrected chi connectivity index (χ2v) is 6.40. The van der Waals surface area contributed by atoms with Crippen LogP contribution < -0.4 is 20.9 Å². The van der Waals surface area contributed by atoms with E-state index in [-0.39, 0.29) is 18.5 Å². The minimum Gasteiger partial charge on any atom is -0.497 e. The summed E-state index contributed by atoms with van der Waals surface area (Å²) < 4.78 is 6.86. The van der Waals surface area contributed by atoms with E-state index in [0.29, 0.717) is 11.2 Å². The normalized spacial score (nSPS) is 10.7. The lowest BCUT2D eigenvalue weighted by Gasteiger charge is -2.10. The van der Waals surface area contributed by atoms with Gasteiger partial charge < -0.3 is 10.1 Å². The van der Waals surface area contributed by atoms with E-state index in [1.165, 1.54) is 6.20 Å². The Morgan fingerprint density at radius 1 is 1.14 bits per heavy atom. The molecule has 0 spiro atoms. The van der Waals surface area contributed by atoms with Crippen molar-refractivity contribution in [3.8, 4) is 5.75 Å². The van der Waals surface area contributed by atoms with E-state index >= 15 is 0 Å². The van der Waals surface area contributed by atoms with Crippen LogP contribution in [-0.4, -0.2) is 40.2 Å². The molecule has 9 heteroatoms. The van der Waals surface area contributed by atoms with E-state index in [0.717, 1.165) is 16.8 Å². The number of nitrogens with one attached hydrogen (secondary N) is 3. The highest BCUT2D eigenvalue weighted by Crippen LogP contribution is 2.16. The molecule has 3 rings (SSSR count). The molecule has 0 radical (unpaired) electrons. The van der Waals surface area contributed by atoms with E-state index < -0.39 is 5.91 Å². The number of anilines is 1. The highest BCUT2D eigenvalue weighted by molar-refractivity contribution is 5.97. The Kier molecular flexibility index (Phi) is 5.73. The van der Waals surface area contributed by atoms with Gasteiger partial charge in [-0.05, 0) is 44.2 Å². The lowest BCUT2D eigenvalue weighted by molar-refractivity contribution is -0.120. The van der Waals surface area contributed by atoms with Crippen molar-refractivity contribution < 1.29 is 14.3 Å². The Bertz CT molecular complexity index is 981. The van der Waals surface area contributed by atoms with Crippen molar-refractivity contribution in [2.45, 2.75) is 19.9 Å². The lowest BCUT2D eigenvalue weighted by Crippen LogP contribution is -2.44. The third kappa shape index (κ3) is 4.37. The van der Waals surface area contributed by atoms with Gasteiger partial charge in [-0.3, -0.25) is 20.4 Å². The highest BCUT2D eigenvalue weighted by Gasteiger charge is 2.12. The Morgan fingerprint density at radius 3 is 2.57 bits per heavy atom. The second kappa shape index (κ2) is 8.38. The minimum atomic E-state index is -0.454. The Labute approximate surface area is 162 Å². The standard InChI is InChI=1S/C19H22N6O3/c1-12(2)25-18-13(10-22-25)8-14(9-21-18)19(27)24-23-17(26)11-20-15-4-6-16(28-3)7-5-15/h4-10,12,20H,11H2,1-3H3,(H,23,26)(H,24,27). The number of methoxy groups -OCH3 is 1. The number of hydrazine groups is 1. The first kappa shape index (κ1) is 19.2. The van der Waals surface area contributed by atoms with Crippen molar-refractivity contribution in [2.75, 3.05) is 19.0 Å². The number of aromatic nitrogens is 3. The summed E-state index contributed by atoms with van der Waals surface area (Å²) >= 11 is 0. The third-order valence-corrected chi connectivity index (χ3v) is 4.04. The van der Waals surface area contributed by atoms with Crippen LogP contribution >= 0.6 is 0 Å². The number of ether oxygens (including phenoxy) is 1. The van der Waals surface area contributed by atoms with Crippen molar-refractivity contribution in [1.82, 2.24) is 25.6 Å². The zero-order chi connectivity index (χ0) is 20.1. The quantitative estimate of drug-likeness (QED) is 0.562. The third-order valence-electron chi connectivity index (χ3n) is 4.04. The number of carbonyl (C=O) groups excluding carboxylic acids is 2. The average Bonchev–Trinajstić information content (AvgIpc) is 3.14. The first-order chi connectivity index (χ1) is 13.5. The number of amides is 2. The van der Waals surface area contributed by atoms with Crippen LogP contribution in [0.15, 0.2) is 42.7 Å². The smallest absolute Gasteiger partial charge is 0.271 e. The molecule has 2 aromatic heterocycles. The number of benzene rings is 1. The fourth-order valence-electron chi connectivity index (χ4n) is 2.58. The molecule has 1 aromatic carbocycles. The largest absolute Gasteiger partial charge is 0.497 e. The van der Waals surface area contributed by atoms with E-state index in [1.54, 1.807) is 48.3 Å². The Balaban J connectivity index is 1.52. The van der Waals surface area contributed by atoms with Crippen molar-refractivity contribution in [1.29, 1.82) is 0 Å². The summed E-state index contributed by atoms with van der Waals surface area (Å²) in [6.07, 6.45) is 3.12. The van der Waals surface area contributed by atoms with E-state index in [4.69, 9.17) is 4.74 Å². The molecular weight excluding hydrogens is 360 g/mol. The Morgan fingerprint density at radius 2 is 1.89 bits per heavy atom. The molecule has 3 aromatic rings. The topological polar surface area (TPSA) is 110 Å². The van der Waals surface area contributed by atoms with Gasteiger partial charge in [-0.25, -0.2) is 9.67 Å². The van der Waals surface area contributed by atoms with Crippen LogP contribution in [-0.2, 0) is 4.79 Å². The number of pyridine rings is 1.